The van der Waals surface area contributed by atoms with E-state index >= 15 is 0 Å². The van der Waals surface area contributed by atoms with Crippen LogP contribution in [0, 0.1) is 13.8 Å². The summed E-state index contributed by atoms with van der Waals surface area (Å²) in [6.45, 7) is 7.90. The van der Waals surface area contributed by atoms with Crippen LogP contribution in [0.5, 0.6) is 0 Å². The summed E-state index contributed by atoms with van der Waals surface area (Å²) in [6.07, 6.45) is 1.60. The number of amides is 1. The van der Waals surface area contributed by atoms with Gasteiger partial charge in [0.05, 0.1) is 5.54 Å². The second-order valence-electron chi connectivity index (χ2n) is 5.38. The predicted octanol–water partition coefficient (Wildman–Crippen LogP) is 2.78. The van der Waals surface area contributed by atoms with Gasteiger partial charge in [-0.15, -0.1) is 0 Å². The smallest absolute Gasteiger partial charge is 0.246 e. The summed E-state index contributed by atoms with van der Waals surface area (Å²) in [5.74, 6) is -0.0330. The molecule has 1 aromatic rings. The zero-order valence-electron chi connectivity index (χ0n) is 12.1. The van der Waals surface area contributed by atoms with Crippen LogP contribution in [0.1, 0.15) is 37.8 Å². The number of nitrogens with zero attached hydrogens (tertiary/aromatic N) is 1. The molecule has 2 N–H and O–H groups in total. The largest absolute Gasteiger partial charge is 0.318 e. The fourth-order valence-electron chi connectivity index (χ4n) is 2.27. The number of carbonyl (C=O) groups is 1. The molecule has 3 nitrogen and oxygen atoms in total. The molecule has 1 rings (SSSR count). The van der Waals surface area contributed by atoms with E-state index in [4.69, 9.17) is 5.73 Å². The van der Waals surface area contributed by atoms with Gasteiger partial charge < -0.3 is 10.6 Å². The molecule has 0 spiro atoms. The van der Waals surface area contributed by atoms with Crippen molar-refractivity contribution in [2.45, 2.75) is 46.1 Å². The van der Waals surface area contributed by atoms with E-state index in [1.165, 1.54) is 0 Å². The molecule has 100 valence electrons. The topological polar surface area (TPSA) is 46.3 Å². The number of likely N-dealkylation sites (N-methyl/N-ethyl adjacent to an activating group) is 1. The second-order valence-corrected chi connectivity index (χ2v) is 5.38. The van der Waals surface area contributed by atoms with Gasteiger partial charge in [0.1, 0.15) is 0 Å². The molecular weight excluding hydrogens is 224 g/mol. The Hall–Kier alpha value is -1.35. The molecule has 1 unspecified atom stereocenters. The van der Waals surface area contributed by atoms with Crippen LogP contribution in [0.4, 0.5) is 5.69 Å². The molecule has 3 heteroatoms. The number of hydrogen-bond donors (Lipinski definition) is 1. The van der Waals surface area contributed by atoms with Crippen LogP contribution in [-0.4, -0.2) is 18.5 Å². The molecule has 0 aliphatic heterocycles. The number of carbonyl (C=O) groups excluding carboxylic acids is 1. The molecule has 1 amide bonds. The third kappa shape index (κ3) is 3.33. The summed E-state index contributed by atoms with van der Waals surface area (Å²) in [5.41, 5.74) is 8.51. The number of anilines is 1. The average molecular weight is 248 g/mol. The van der Waals surface area contributed by atoms with E-state index in [2.05, 4.69) is 6.07 Å². The lowest BCUT2D eigenvalue weighted by Gasteiger charge is -2.29. The van der Waals surface area contributed by atoms with Gasteiger partial charge in [0, 0.05) is 12.7 Å². The lowest BCUT2D eigenvalue weighted by Crippen LogP contribution is -2.52. The molecule has 0 fully saturated rings. The van der Waals surface area contributed by atoms with Crippen LogP contribution in [0.2, 0.25) is 0 Å². The maximum absolute atomic E-state index is 12.4. The quantitative estimate of drug-likeness (QED) is 0.890. The van der Waals surface area contributed by atoms with E-state index in [0.29, 0.717) is 6.42 Å². The minimum Gasteiger partial charge on any atom is -0.318 e. The van der Waals surface area contributed by atoms with Crippen molar-refractivity contribution in [2.24, 2.45) is 5.73 Å². The van der Waals surface area contributed by atoms with Crippen molar-refractivity contribution in [2.75, 3.05) is 11.9 Å². The first-order chi connectivity index (χ1) is 8.27. The summed E-state index contributed by atoms with van der Waals surface area (Å²) >= 11 is 0. The highest BCUT2D eigenvalue weighted by atomic mass is 16.2. The first-order valence-electron chi connectivity index (χ1n) is 6.43. The van der Waals surface area contributed by atoms with Gasteiger partial charge in [-0.1, -0.05) is 19.4 Å². The van der Waals surface area contributed by atoms with Gasteiger partial charge in [-0.2, -0.15) is 0 Å². The van der Waals surface area contributed by atoms with Crippen LogP contribution < -0.4 is 10.6 Å². The van der Waals surface area contributed by atoms with Crippen LogP contribution in [0.15, 0.2) is 18.2 Å². The van der Waals surface area contributed by atoms with Crippen molar-refractivity contribution >= 4 is 11.6 Å². The molecule has 0 aliphatic carbocycles. The molecule has 0 saturated heterocycles. The molecule has 0 radical (unpaired) electrons. The number of rotatable bonds is 4. The van der Waals surface area contributed by atoms with Gasteiger partial charge in [0.2, 0.25) is 5.91 Å². The molecule has 0 bridgehead atoms. The number of benzene rings is 1. The molecule has 1 aromatic carbocycles. The van der Waals surface area contributed by atoms with Crippen molar-refractivity contribution in [1.29, 1.82) is 0 Å². The first-order valence-corrected chi connectivity index (χ1v) is 6.43. The Labute approximate surface area is 110 Å². The van der Waals surface area contributed by atoms with Gasteiger partial charge in [-0.25, -0.2) is 0 Å². The Morgan fingerprint density at radius 3 is 2.22 bits per heavy atom. The first kappa shape index (κ1) is 14.7. The van der Waals surface area contributed by atoms with Gasteiger partial charge in [0.25, 0.3) is 0 Å². The summed E-state index contributed by atoms with van der Waals surface area (Å²) in [7, 11) is 1.79. The predicted molar refractivity (Wildman–Crippen MR) is 76.8 cm³/mol. The van der Waals surface area contributed by atoms with Crippen molar-refractivity contribution < 1.29 is 4.79 Å². The van der Waals surface area contributed by atoms with Crippen LogP contribution >= 0.6 is 0 Å². The molecule has 0 heterocycles. The van der Waals surface area contributed by atoms with E-state index in [1.807, 2.05) is 32.9 Å². The van der Waals surface area contributed by atoms with Crippen LogP contribution in [0.3, 0.4) is 0 Å². The Bertz CT molecular complexity index is 418. The van der Waals surface area contributed by atoms with Crippen molar-refractivity contribution in [3.63, 3.8) is 0 Å². The van der Waals surface area contributed by atoms with Crippen molar-refractivity contribution in [3.05, 3.63) is 29.3 Å². The maximum atomic E-state index is 12.4. The maximum Gasteiger partial charge on any atom is 0.246 e. The fraction of sp³-hybridized carbons (Fsp3) is 0.533. The highest BCUT2D eigenvalue weighted by Crippen LogP contribution is 2.21. The van der Waals surface area contributed by atoms with E-state index in [1.54, 1.807) is 18.9 Å². The average Bonchev–Trinajstić information content (AvgIpc) is 2.25. The zero-order chi connectivity index (χ0) is 13.9. The Balaban J connectivity index is 2.99. The van der Waals surface area contributed by atoms with Crippen LogP contribution in [-0.2, 0) is 4.79 Å². The van der Waals surface area contributed by atoms with Gasteiger partial charge in [-0.3, -0.25) is 4.79 Å². The fourth-order valence-corrected chi connectivity index (χ4v) is 2.27. The molecular formula is C15H24N2O. The van der Waals surface area contributed by atoms with E-state index in [-0.39, 0.29) is 5.91 Å². The second kappa shape index (κ2) is 5.53. The minimum absolute atomic E-state index is 0.0330. The van der Waals surface area contributed by atoms with Crippen molar-refractivity contribution in [1.82, 2.24) is 0 Å². The Morgan fingerprint density at radius 2 is 1.78 bits per heavy atom. The highest BCUT2D eigenvalue weighted by molar-refractivity contribution is 5.99. The monoisotopic (exact) mass is 248 g/mol. The molecule has 0 aliphatic rings. The third-order valence-electron chi connectivity index (χ3n) is 3.16. The third-order valence-corrected chi connectivity index (χ3v) is 3.16. The van der Waals surface area contributed by atoms with E-state index in [0.717, 1.165) is 23.2 Å². The number of hydrogen-bond acceptors (Lipinski definition) is 2. The van der Waals surface area contributed by atoms with E-state index in [9.17, 15) is 4.79 Å². The lowest BCUT2D eigenvalue weighted by molar-refractivity contribution is -0.123. The standard InChI is InChI=1S/C15H24N2O/c1-6-7-15(4,16)14(18)17(5)13-9-11(2)8-12(3)10-13/h8-10H,6-7,16H2,1-5H3. The van der Waals surface area contributed by atoms with E-state index < -0.39 is 5.54 Å². The minimum atomic E-state index is -0.791. The number of aryl methyl sites for hydroxylation is 2. The summed E-state index contributed by atoms with van der Waals surface area (Å²) < 4.78 is 0. The zero-order valence-corrected chi connectivity index (χ0v) is 12.1. The van der Waals surface area contributed by atoms with Crippen molar-refractivity contribution in [3.8, 4) is 0 Å². The van der Waals surface area contributed by atoms with Gasteiger partial charge in [-0.05, 0) is 50.5 Å². The molecule has 0 saturated carbocycles. The Morgan fingerprint density at radius 1 is 1.28 bits per heavy atom. The van der Waals surface area contributed by atoms with Gasteiger partial charge in [0.15, 0.2) is 0 Å². The molecule has 1 atom stereocenters. The summed E-state index contributed by atoms with van der Waals surface area (Å²) in [5, 5.41) is 0. The molecule has 18 heavy (non-hydrogen) atoms. The lowest BCUT2D eigenvalue weighted by atomic mass is 9.95. The normalized spacial score (nSPS) is 14.1. The van der Waals surface area contributed by atoms with Gasteiger partial charge >= 0.3 is 0 Å². The molecule has 0 aromatic heterocycles. The highest BCUT2D eigenvalue weighted by Gasteiger charge is 2.30. The summed E-state index contributed by atoms with van der Waals surface area (Å²) in [6, 6.07) is 6.11. The SMILES string of the molecule is CCCC(C)(N)C(=O)N(C)c1cc(C)cc(C)c1. The Kier molecular flexibility index (Phi) is 4.52. The summed E-state index contributed by atoms with van der Waals surface area (Å²) in [4.78, 5) is 14.0. The van der Waals surface area contributed by atoms with Crippen LogP contribution in [0.25, 0.3) is 0 Å². The number of nitrogens with two attached hydrogens (primary N) is 1.